The minimum atomic E-state index is -1.25. The van der Waals surface area contributed by atoms with Gasteiger partial charge in [0.25, 0.3) is 5.91 Å². The van der Waals surface area contributed by atoms with Crippen LogP contribution in [0.25, 0.3) is 0 Å². The van der Waals surface area contributed by atoms with E-state index >= 15 is 0 Å². The van der Waals surface area contributed by atoms with Crippen LogP contribution in [0.4, 0.5) is 0 Å². The van der Waals surface area contributed by atoms with E-state index < -0.39 is 71.6 Å². The van der Waals surface area contributed by atoms with E-state index in [0.29, 0.717) is 5.56 Å². The number of hydrogen-bond donors (Lipinski definition) is 5. The van der Waals surface area contributed by atoms with Crippen LogP contribution in [0.5, 0.6) is 0 Å². The van der Waals surface area contributed by atoms with Gasteiger partial charge in [0.1, 0.15) is 11.9 Å². The first-order chi connectivity index (χ1) is 18.5. The Morgan fingerprint density at radius 2 is 1.49 bits per heavy atom. The summed E-state index contributed by atoms with van der Waals surface area (Å²) in [6, 6.07) is 4.14. The van der Waals surface area contributed by atoms with E-state index in [2.05, 4.69) is 10.6 Å². The Labute approximate surface area is 244 Å². The predicted octanol–water partition coefficient (Wildman–Crippen LogP) is 1.54. The van der Waals surface area contributed by atoms with Gasteiger partial charge in [-0.1, -0.05) is 32.9 Å². The Morgan fingerprint density at radius 3 is 1.95 bits per heavy atom. The number of nitrogens with two attached hydrogens (primary N) is 1. The van der Waals surface area contributed by atoms with Gasteiger partial charge in [-0.25, -0.2) is 4.79 Å². The zero-order chi connectivity index (χ0) is 30.4. The van der Waals surface area contributed by atoms with Crippen molar-refractivity contribution in [2.24, 2.45) is 11.1 Å². The van der Waals surface area contributed by atoms with Gasteiger partial charge in [-0.05, 0) is 37.3 Å². The fourth-order valence-corrected chi connectivity index (χ4v) is 4.35. The molecule has 1 saturated carbocycles. The van der Waals surface area contributed by atoms with E-state index in [9.17, 15) is 29.1 Å². The monoisotopic (exact) mass is 598 g/mol. The van der Waals surface area contributed by atoms with Crippen molar-refractivity contribution in [1.29, 1.82) is 5.41 Å². The first-order valence-corrected chi connectivity index (χ1v) is 12.8. The molecule has 0 bridgehead atoms. The van der Waals surface area contributed by atoms with Crippen molar-refractivity contribution in [3.8, 4) is 0 Å². The number of hydrogen-bond acceptors (Lipinski definition) is 9. The van der Waals surface area contributed by atoms with Gasteiger partial charge in [0.05, 0.1) is 12.1 Å². The molecule has 2 rings (SSSR count). The minimum absolute atomic E-state index is 0. The summed E-state index contributed by atoms with van der Waals surface area (Å²) >= 11 is 0. The second-order valence-electron chi connectivity index (χ2n) is 10.8. The third-order valence-electron chi connectivity index (χ3n) is 6.30. The maximum absolute atomic E-state index is 13.0. The van der Waals surface area contributed by atoms with Crippen LogP contribution in [0.15, 0.2) is 24.3 Å². The second-order valence-corrected chi connectivity index (χ2v) is 10.8. The highest BCUT2D eigenvalue weighted by atomic mass is 35.5. The van der Waals surface area contributed by atoms with E-state index in [0.717, 1.165) is 13.8 Å². The van der Waals surface area contributed by atoms with Gasteiger partial charge in [-0.15, -0.1) is 12.4 Å². The van der Waals surface area contributed by atoms with E-state index in [4.69, 9.17) is 25.4 Å². The van der Waals surface area contributed by atoms with Crippen LogP contribution >= 0.6 is 12.4 Å². The fraction of sp³-hybridized carbons (Fsp3) is 0.556. The number of carbonyl (C=O) groups excluding carboxylic acids is 4. The molecule has 1 aliphatic rings. The summed E-state index contributed by atoms with van der Waals surface area (Å²) in [6.45, 7) is 8.85. The van der Waals surface area contributed by atoms with E-state index in [-0.39, 0.29) is 36.6 Å². The fourth-order valence-electron chi connectivity index (χ4n) is 4.35. The van der Waals surface area contributed by atoms with Crippen molar-refractivity contribution in [2.45, 2.75) is 90.9 Å². The summed E-state index contributed by atoms with van der Waals surface area (Å²) in [5.74, 6) is -3.88. The van der Waals surface area contributed by atoms with Crippen molar-refractivity contribution in [3.63, 3.8) is 0 Å². The Hall–Kier alpha value is -3.71. The van der Waals surface area contributed by atoms with Gasteiger partial charge in [0, 0.05) is 25.0 Å². The Morgan fingerprint density at radius 1 is 0.976 bits per heavy atom. The molecule has 2 amide bonds. The van der Waals surface area contributed by atoms with Gasteiger partial charge in [-0.2, -0.15) is 0 Å². The number of nitrogen functional groups attached to an aromatic ring is 1. The third kappa shape index (κ3) is 10.0. The molecular formula is C27H39ClN4O9. The zero-order valence-corrected chi connectivity index (χ0v) is 24.7. The molecule has 1 aliphatic carbocycles. The maximum Gasteiger partial charge on any atom is 0.333 e. The number of esters is 2. The first-order valence-electron chi connectivity index (χ1n) is 12.8. The van der Waals surface area contributed by atoms with E-state index in [1.807, 2.05) is 0 Å². The van der Waals surface area contributed by atoms with Crippen molar-refractivity contribution >= 4 is 48.0 Å². The lowest BCUT2D eigenvalue weighted by atomic mass is 9.85. The highest BCUT2D eigenvalue weighted by Gasteiger charge is 2.48. The number of benzene rings is 1. The van der Waals surface area contributed by atoms with Crippen LogP contribution in [0.3, 0.4) is 0 Å². The predicted molar refractivity (Wildman–Crippen MR) is 150 cm³/mol. The number of carboxylic acids is 1. The molecule has 6 N–H and O–H groups in total. The lowest BCUT2D eigenvalue weighted by Crippen LogP contribution is -2.61. The number of halogens is 1. The van der Waals surface area contributed by atoms with Crippen molar-refractivity contribution in [3.05, 3.63) is 35.4 Å². The van der Waals surface area contributed by atoms with Crippen LogP contribution in [0.2, 0.25) is 0 Å². The van der Waals surface area contributed by atoms with Gasteiger partial charge in [0.15, 0.2) is 18.3 Å². The number of carboxylic acid groups (broad SMARTS) is 1. The average molecular weight is 599 g/mol. The number of carbonyl (C=O) groups is 5. The summed E-state index contributed by atoms with van der Waals surface area (Å²) in [6.07, 6.45) is -4.18. The number of rotatable bonds is 10. The smallest absolute Gasteiger partial charge is 0.333 e. The molecule has 41 heavy (non-hydrogen) atoms. The zero-order valence-electron chi connectivity index (χ0n) is 23.9. The lowest BCUT2D eigenvalue weighted by Gasteiger charge is -2.43. The topological polar surface area (TPSA) is 207 Å². The maximum atomic E-state index is 13.0. The van der Waals surface area contributed by atoms with Crippen molar-refractivity contribution in [1.82, 2.24) is 10.6 Å². The van der Waals surface area contributed by atoms with Crippen molar-refractivity contribution < 1.29 is 43.3 Å². The van der Waals surface area contributed by atoms with Crippen LogP contribution < -0.4 is 16.4 Å². The SMILES string of the molecule is CC(=O)OC1C(NC(=O)[C@H](C)NC(=O)c2ccc(C(=N)N)cc2)CCC(OC(C(=O)O)C(C)(C)C)C1OC(C)=O.Cl. The number of amides is 2. The summed E-state index contributed by atoms with van der Waals surface area (Å²) in [5, 5.41) is 22.5. The van der Waals surface area contributed by atoms with Crippen LogP contribution in [0.1, 0.15) is 70.3 Å². The Bertz CT molecular complexity index is 1140. The lowest BCUT2D eigenvalue weighted by molar-refractivity contribution is -0.206. The molecule has 1 aromatic rings. The van der Waals surface area contributed by atoms with Gasteiger partial charge < -0.3 is 35.7 Å². The normalized spacial score (nSPS) is 21.7. The highest BCUT2D eigenvalue weighted by molar-refractivity contribution is 5.99. The molecule has 14 heteroatoms. The number of nitrogens with one attached hydrogen (secondary N) is 3. The summed E-state index contributed by atoms with van der Waals surface area (Å²) in [5.41, 5.74) is 5.33. The molecule has 1 aromatic carbocycles. The average Bonchev–Trinajstić information content (AvgIpc) is 2.83. The summed E-state index contributed by atoms with van der Waals surface area (Å²) in [7, 11) is 0. The number of aliphatic carboxylic acids is 1. The Balaban J connectivity index is 0.00000840. The molecule has 0 aromatic heterocycles. The Kier molecular flexibility index (Phi) is 12.7. The van der Waals surface area contributed by atoms with Gasteiger partial charge in [0.2, 0.25) is 5.91 Å². The molecule has 0 spiro atoms. The largest absolute Gasteiger partial charge is 0.479 e. The van der Waals surface area contributed by atoms with Gasteiger partial charge in [-0.3, -0.25) is 24.6 Å². The van der Waals surface area contributed by atoms with Crippen LogP contribution in [0, 0.1) is 10.8 Å². The molecule has 13 nitrogen and oxygen atoms in total. The van der Waals surface area contributed by atoms with Crippen molar-refractivity contribution in [2.75, 3.05) is 0 Å². The third-order valence-corrected chi connectivity index (χ3v) is 6.30. The first kappa shape index (κ1) is 35.3. The molecule has 0 heterocycles. The summed E-state index contributed by atoms with van der Waals surface area (Å²) in [4.78, 5) is 61.5. The number of amidine groups is 1. The molecule has 0 radical (unpaired) electrons. The van der Waals surface area contributed by atoms with E-state index in [1.165, 1.54) is 31.2 Å². The molecule has 1 fully saturated rings. The standard InChI is InChI=1S/C27H38N4O9.ClH/c1-13(30-25(35)17-9-7-16(8-10-17)23(28)29)24(34)31-18-11-12-19(40-22(26(36)37)27(4,5)6)21(39-15(3)33)20(18)38-14(2)32;/h7-10,13,18-22H,11-12H2,1-6H3,(H3,28,29)(H,30,35)(H,31,34)(H,36,37);1H/t13-,18?,19?,20?,21?,22?;/m0./s1. The summed E-state index contributed by atoms with van der Waals surface area (Å²) < 4.78 is 16.8. The molecule has 0 saturated heterocycles. The second kappa shape index (κ2) is 14.8. The molecule has 6 atom stereocenters. The van der Waals surface area contributed by atoms with Crippen LogP contribution in [-0.2, 0) is 33.4 Å². The number of ether oxygens (including phenoxy) is 3. The molecule has 228 valence electrons. The van der Waals surface area contributed by atoms with E-state index in [1.54, 1.807) is 20.8 Å². The quantitative estimate of drug-likeness (QED) is 0.149. The molecular weight excluding hydrogens is 560 g/mol. The minimum Gasteiger partial charge on any atom is -0.479 e. The van der Waals surface area contributed by atoms with Crippen LogP contribution in [-0.4, -0.2) is 77.2 Å². The molecule has 5 unspecified atom stereocenters. The highest BCUT2D eigenvalue weighted by Crippen LogP contribution is 2.32. The van der Waals surface area contributed by atoms with Gasteiger partial charge >= 0.3 is 17.9 Å². The molecule has 0 aliphatic heterocycles.